The van der Waals surface area contributed by atoms with Crippen LogP contribution in [-0.4, -0.2) is 77.0 Å². The van der Waals surface area contributed by atoms with Gasteiger partial charge in [0.1, 0.15) is 12.1 Å². The van der Waals surface area contributed by atoms with Gasteiger partial charge in [-0.2, -0.15) is 13.2 Å². The Balaban J connectivity index is 1.78. The van der Waals surface area contributed by atoms with Gasteiger partial charge in [-0.25, -0.2) is 6.57 Å². The Labute approximate surface area is 202 Å². The quantitative estimate of drug-likeness (QED) is 0.545. The van der Waals surface area contributed by atoms with Crippen LogP contribution in [0.15, 0.2) is 0 Å². The molecule has 9 nitrogen and oxygen atoms in total. The Morgan fingerprint density at radius 1 is 1.23 bits per heavy atom. The maximum Gasteiger partial charge on any atom is 0.471 e. The number of likely N-dealkylation sites (tertiary alicyclic amines) is 1. The van der Waals surface area contributed by atoms with Gasteiger partial charge in [-0.05, 0) is 44.9 Å². The Morgan fingerprint density at radius 3 is 2.31 bits per heavy atom. The molecule has 4 amide bonds. The molecular formula is C23H32F3N5O4. The number of carbonyl (C=O) groups is 4. The summed E-state index contributed by atoms with van der Waals surface area (Å²) >= 11 is 0. The average molecular weight is 500 g/mol. The molecule has 2 saturated heterocycles. The van der Waals surface area contributed by atoms with E-state index in [4.69, 9.17) is 6.57 Å². The van der Waals surface area contributed by atoms with E-state index in [0.717, 1.165) is 31.1 Å². The molecule has 4 atom stereocenters. The first-order valence-corrected chi connectivity index (χ1v) is 11.8. The summed E-state index contributed by atoms with van der Waals surface area (Å²) in [5.41, 5.74) is -1.01. The van der Waals surface area contributed by atoms with Gasteiger partial charge in [0.2, 0.25) is 11.8 Å². The number of rotatable bonds is 6. The first kappa shape index (κ1) is 26.8. The second-order valence-corrected chi connectivity index (χ2v) is 10.6. The van der Waals surface area contributed by atoms with E-state index < -0.39 is 47.6 Å². The molecule has 12 heteroatoms. The fourth-order valence-corrected chi connectivity index (χ4v) is 5.06. The zero-order chi connectivity index (χ0) is 26.3. The van der Waals surface area contributed by atoms with Gasteiger partial charge in [-0.15, -0.1) is 0 Å². The summed E-state index contributed by atoms with van der Waals surface area (Å²) in [5, 5.41) is 4.70. The van der Waals surface area contributed by atoms with Gasteiger partial charge in [0.25, 0.3) is 5.91 Å². The monoisotopic (exact) mass is 499 g/mol. The van der Waals surface area contributed by atoms with E-state index >= 15 is 0 Å². The second-order valence-electron chi connectivity index (χ2n) is 10.6. The molecule has 0 bridgehead atoms. The van der Waals surface area contributed by atoms with Crippen molar-refractivity contribution in [3.8, 4) is 0 Å². The van der Waals surface area contributed by atoms with Crippen molar-refractivity contribution in [2.45, 2.75) is 89.3 Å². The molecule has 194 valence electrons. The lowest BCUT2D eigenvalue weighted by molar-refractivity contribution is -0.175. The number of likely N-dealkylation sites (N-methyl/N-ethyl adjacent to an activating group) is 1. The van der Waals surface area contributed by atoms with Gasteiger partial charge in [-0.3, -0.25) is 28.9 Å². The maximum atomic E-state index is 13.7. The third kappa shape index (κ3) is 5.38. The molecule has 3 rings (SSSR count). The zero-order valence-electron chi connectivity index (χ0n) is 20.4. The Kier molecular flexibility index (Phi) is 7.12. The van der Waals surface area contributed by atoms with E-state index in [-0.39, 0.29) is 36.8 Å². The van der Waals surface area contributed by atoms with E-state index in [9.17, 15) is 32.3 Å². The van der Waals surface area contributed by atoms with Crippen LogP contribution in [0.2, 0.25) is 0 Å². The lowest BCUT2D eigenvalue weighted by atomic mass is 9.76. The standard InChI is InChI=1S/C23H32F3N5O4/c1-13(2)10-15(30(5)17(32)14(3)28-20(35)23(24,25)26)18(33)31-12-21(11-16(31)27-4)6-7-22(8-9-22)29-19(21)34/h13-16H,6-12H2,1-3,5H3,(H,28,35)(H,29,34)/t14-,15-,16-,21-/m0/s1. The smallest absolute Gasteiger partial charge is 0.350 e. The Hall–Kier alpha value is -2.84. The van der Waals surface area contributed by atoms with Crippen LogP contribution in [0.5, 0.6) is 0 Å². The molecule has 3 aliphatic rings. The van der Waals surface area contributed by atoms with Gasteiger partial charge in [-0.1, -0.05) is 13.8 Å². The molecule has 0 aromatic carbocycles. The Morgan fingerprint density at radius 2 is 1.83 bits per heavy atom. The van der Waals surface area contributed by atoms with Crippen LogP contribution in [0, 0.1) is 17.9 Å². The molecule has 0 unspecified atom stereocenters. The lowest BCUT2D eigenvalue weighted by Crippen LogP contribution is -2.57. The third-order valence-corrected chi connectivity index (χ3v) is 7.40. The number of halogens is 3. The van der Waals surface area contributed by atoms with Gasteiger partial charge in [0, 0.05) is 19.1 Å². The highest BCUT2D eigenvalue weighted by Gasteiger charge is 2.61. The van der Waals surface area contributed by atoms with Crippen LogP contribution in [0.1, 0.15) is 59.3 Å². The van der Waals surface area contributed by atoms with Crippen molar-refractivity contribution in [2.24, 2.45) is 11.3 Å². The molecule has 0 radical (unpaired) electrons. The summed E-state index contributed by atoms with van der Waals surface area (Å²) in [7, 11) is 1.30. The summed E-state index contributed by atoms with van der Waals surface area (Å²) in [6, 6.07) is -2.58. The number of carbonyl (C=O) groups excluding carboxylic acids is 4. The van der Waals surface area contributed by atoms with Crippen LogP contribution in [0.3, 0.4) is 0 Å². The average Bonchev–Trinajstić information content (AvgIpc) is 3.42. The van der Waals surface area contributed by atoms with Gasteiger partial charge < -0.3 is 15.5 Å². The third-order valence-electron chi connectivity index (χ3n) is 7.40. The van der Waals surface area contributed by atoms with Crippen molar-refractivity contribution in [3.63, 3.8) is 0 Å². The fourth-order valence-electron chi connectivity index (χ4n) is 5.06. The van der Waals surface area contributed by atoms with Crippen LogP contribution >= 0.6 is 0 Å². The largest absolute Gasteiger partial charge is 0.471 e. The summed E-state index contributed by atoms with van der Waals surface area (Å²) in [6.07, 6.45) is -2.41. The lowest BCUT2D eigenvalue weighted by Gasteiger charge is -2.37. The van der Waals surface area contributed by atoms with E-state index in [0.29, 0.717) is 6.42 Å². The van der Waals surface area contributed by atoms with Crippen LogP contribution in [-0.2, 0) is 19.2 Å². The van der Waals surface area contributed by atoms with Gasteiger partial charge in [0.15, 0.2) is 0 Å². The van der Waals surface area contributed by atoms with Crippen LogP contribution in [0.4, 0.5) is 13.2 Å². The van der Waals surface area contributed by atoms with Crippen molar-refractivity contribution < 1.29 is 32.3 Å². The maximum absolute atomic E-state index is 13.7. The van der Waals surface area contributed by atoms with Gasteiger partial charge in [0.05, 0.1) is 11.8 Å². The highest BCUT2D eigenvalue weighted by molar-refractivity contribution is 5.94. The number of hydrogen-bond donors (Lipinski definition) is 2. The van der Waals surface area contributed by atoms with E-state index in [1.165, 1.54) is 11.9 Å². The first-order valence-electron chi connectivity index (χ1n) is 11.8. The molecule has 35 heavy (non-hydrogen) atoms. The minimum atomic E-state index is -5.15. The van der Waals surface area contributed by atoms with Crippen molar-refractivity contribution >= 4 is 23.6 Å². The topological polar surface area (TPSA) is 103 Å². The fraction of sp³-hybridized carbons (Fsp3) is 0.783. The van der Waals surface area contributed by atoms with Crippen LogP contribution in [0.25, 0.3) is 4.85 Å². The van der Waals surface area contributed by atoms with Crippen molar-refractivity contribution in [2.75, 3.05) is 13.6 Å². The number of nitrogens with one attached hydrogen (secondary N) is 2. The molecule has 2 heterocycles. The van der Waals surface area contributed by atoms with Gasteiger partial charge >= 0.3 is 18.2 Å². The number of amides is 4. The SMILES string of the molecule is [C-]#[N+][C@@H]1C[C@@]2(CCC3(CC3)NC2=O)CN1C(=O)[C@H](CC(C)C)N(C)C(=O)[C@H](C)NC(=O)C(F)(F)F. The first-order chi connectivity index (χ1) is 16.1. The number of hydrogen-bond acceptors (Lipinski definition) is 4. The number of piperidine rings is 1. The Bertz CT molecular complexity index is 942. The predicted octanol–water partition coefficient (Wildman–Crippen LogP) is 1.83. The molecule has 2 N–H and O–H groups in total. The van der Waals surface area contributed by atoms with Crippen LogP contribution < -0.4 is 10.6 Å². The predicted molar refractivity (Wildman–Crippen MR) is 118 cm³/mol. The molecule has 1 saturated carbocycles. The second kappa shape index (κ2) is 9.32. The minimum absolute atomic E-state index is 0.0534. The number of nitrogens with zero attached hydrogens (tertiary/aromatic N) is 3. The summed E-state index contributed by atoms with van der Waals surface area (Å²) in [4.78, 5) is 56.8. The molecule has 2 aliphatic heterocycles. The summed E-state index contributed by atoms with van der Waals surface area (Å²) in [5.74, 6) is -3.85. The molecule has 1 aliphatic carbocycles. The van der Waals surface area contributed by atoms with E-state index in [2.05, 4.69) is 10.2 Å². The molecule has 0 aromatic heterocycles. The zero-order valence-corrected chi connectivity index (χ0v) is 20.4. The highest BCUT2D eigenvalue weighted by Crippen LogP contribution is 2.51. The summed E-state index contributed by atoms with van der Waals surface area (Å²) in [6.45, 7) is 12.5. The van der Waals surface area contributed by atoms with Crippen molar-refractivity contribution in [1.82, 2.24) is 20.4 Å². The van der Waals surface area contributed by atoms with E-state index in [1.54, 1.807) is 5.32 Å². The van der Waals surface area contributed by atoms with E-state index in [1.807, 2.05) is 13.8 Å². The van der Waals surface area contributed by atoms with Crippen molar-refractivity contribution in [3.05, 3.63) is 11.4 Å². The minimum Gasteiger partial charge on any atom is -0.350 e. The highest BCUT2D eigenvalue weighted by atomic mass is 19.4. The molecule has 0 aromatic rings. The number of alkyl halides is 3. The van der Waals surface area contributed by atoms with Crippen molar-refractivity contribution in [1.29, 1.82) is 0 Å². The normalized spacial score (nSPS) is 26.8. The molecular weight excluding hydrogens is 467 g/mol. The summed E-state index contributed by atoms with van der Waals surface area (Å²) < 4.78 is 37.9. The molecule has 2 spiro atoms. The molecule has 3 fully saturated rings.